The second-order valence-electron chi connectivity index (χ2n) is 3.30. The Hall–Kier alpha value is -1.97. The normalized spacial score (nSPS) is 10.3. The zero-order chi connectivity index (χ0) is 10.8. The van der Waals surface area contributed by atoms with E-state index in [0.717, 1.165) is 5.69 Å². The maximum absolute atomic E-state index is 9.75. The number of nitrogens with one attached hydrogen (secondary N) is 1. The number of H-pyrrole nitrogens is 1. The molecule has 0 aliphatic carbocycles. The lowest BCUT2D eigenvalue weighted by Crippen LogP contribution is -1.85. The van der Waals surface area contributed by atoms with Crippen molar-refractivity contribution >= 4 is 0 Å². The summed E-state index contributed by atoms with van der Waals surface area (Å²) < 4.78 is 5.00. The van der Waals surface area contributed by atoms with Gasteiger partial charge in [-0.05, 0) is 19.1 Å². The number of phenols is 1. The van der Waals surface area contributed by atoms with Gasteiger partial charge < -0.3 is 14.8 Å². The smallest absolute Gasteiger partial charge is 0.141 e. The Morgan fingerprint density at radius 2 is 2.20 bits per heavy atom. The molecule has 2 aromatic rings. The van der Waals surface area contributed by atoms with Crippen molar-refractivity contribution in [2.75, 3.05) is 7.11 Å². The Kier molecular flexibility index (Phi) is 2.33. The lowest BCUT2D eigenvalue weighted by atomic mass is 10.2. The third-order valence-electron chi connectivity index (χ3n) is 2.16. The van der Waals surface area contributed by atoms with E-state index in [1.165, 1.54) is 0 Å². The number of phenolic OH excluding ortho intramolecular Hbond substituents is 1. The number of benzene rings is 1. The van der Waals surface area contributed by atoms with Gasteiger partial charge in [-0.15, -0.1) is 0 Å². The Bertz CT molecular complexity index is 477. The summed E-state index contributed by atoms with van der Waals surface area (Å²) >= 11 is 0. The van der Waals surface area contributed by atoms with Crippen LogP contribution in [0.4, 0.5) is 0 Å². The summed E-state index contributed by atoms with van der Waals surface area (Å²) in [6.07, 6.45) is 1.72. The van der Waals surface area contributed by atoms with E-state index >= 15 is 0 Å². The van der Waals surface area contributed by atoms with Gasteiger partial charge in [0.1, 0.15) is 17.3 Å². The monoisotopic (exact) mass is 204 g/mol. The summed E-state index contributed by atoms with van der Waals surface area (Å²) in [5, 5.41) is 9.75. The third kappa shape index (κ3) is 1.79. The van der Waals surface area contributed by atoms with Crippen molar-refractivity contribution in [3.05, 3.63) is 30.1 Å². The standard InChI is InChI=1S/C11H12N2O2/c1-7-6-12-11(13-7)9-4-3-8(15-2)5-10(9)14/h3-6,14H,1-2H3,(H,12,13). The summed E-state index contributed by atoms with van der Waals surface area (Å²) in [6.45, 7) is 1.91. The van der Waals surface area contributed by atoms with Gasteiger partial charge in [0.05, 0.1) is 12.7 Å². The molecule has 0 aliphatic heterocycles. The fourth-order valence-corrected chi connectivity index (χ4v) is 1.39. The molecule has 15 heavy (non-hydrogen) atoms. The molecule has 4 nitrogen and oxygen atoms in total. The second kappa shape index (κ2) is 3.65. The predicted molar refractivity (Wildman–Crippen MR) is 57.0 cm³/mol. The van der Waals surface area contributed by atoms with Crippen molar-refractivity contribution in [3.8, 4) is 22.9 Å². The number of ether oxygens (including phenoxy) is 1. The molecule has 0 fully saturated rings. The number of rotatable bonds is 2. The minimum absolute atomic E-state index is 0.156. The van der Waals surface area contributed by atoms with Crippen LogP contribution in [0.15, 0.2) is 24.4 Å². The fraction of sp³-hybridized carbons (Fsp3) is 0.182. The van der Waals surface area contributed by atoms with E-state index < -0.39 is 0 Å². The van der Waals surface area contributed by atoms with Crippen molar-refractivity contribution in [2.45, 2.75) is 6.92 Å². The van der Waals surface area contributed by atoms with Crippen molar-refractivity contribution < 1.29 is 9.84 Å². The van der Waals surface area contributed by atoms with Crippen LogP contribution in [0.2, 0.25) is 0 Å². The molecule has 0 saturated carbocycles. The predicted octanol–water partition coefficient (Wildman–Crippen LogP) is 2.10. The third-order valence-corrected chi connectivity index (χ3v) is 2.16. The van der Waals surface area contributed by atoms with Gasteiger partial charge in [-0.1, -0.05) is 0 Å². The van der Waals surface area contributed by atoms with Crippen molar-refractivity contribution in [2.24, 2.45) is 0 Å². The highest BCUT2D eigenvalue weighted by Gasteiger charge is 2.08. The largest absolute Gasteiger partial charge is 0.507 e. The SMILES string of the molecule is COc1ccc(-c2ncc(C)[nH]2)c(O)c1. The molecule has 1 aromatic heterocycles. The molecule has 1 heterocycles. The first-order valence-corrected chi connectivity index (χ1v) is 4.59. The quantitative estimate of drug-likeness (QED) is 0.787. The van der Waals surface area contributed by atoms with Gasteiger partial charge in [-0.3, -0.25) is 0 Å². The molecule has 2 N–H and O–H groups in total. The molecule has 0 unspecified atom stereocenters. The number of aromatic hydroxyl groups is 1. The molecule has 2 rings (SSSR count). The Balaban J connectivity index is 2.45. The first kappa shape index (κ1) is 9.58. The number of aryl methyl sites for hydroxylation is 1. The molecule has 4 heteroatoms. The second-order valence-corrected chi connectivity index (χ2v) is 3.30. The molecular formula is C11H12N2O2. The lowest BCUT2D eigenvalue weighted by Gasteiger charge is -2.04. The van der Waals surface area contributed by atoms with Crippen LogP contribution in [-0.2, 0) is 0 Å². The molecule has 0 spiro atoms. The summed E-state index contributed by atoms with van der Waals surface area (Å²) in [6, 6.07) is 5.12. The molecule has 0 saturated heterocycles. The highest BCUT2D eigenvalue weighted by Crippen LogP contribution is 2.30. The minimum atomic E-state index is 0.156. The zero-order valence-corrected chi connectivity index (χ0v) is 8.61. The number of imidazole rings is 1. The van der Waals surface area contributed by atoms with Crippen molar-refractivity contribution in [1.29, 1.82) is 0 Å². The zero-order valence-electron chi connectivity index (χ0n) is 8.61. The van der Waals surface area contributed by atoms with E-state index in [-0.39, 0.29) is 5.75 Å². The molecule has 0 radical (unpaired) electrons. The van der Waals surface area contributed by atoms with Gasteiger partial charge in [-0.25, -0.2) is 4.98 Å². The Morgan fingerprint density at radius 1 is 1.40 bits per heavy atom. The first-order valence-electron chi connectivity index (χ1n) is 4.59. The fourth-order valence-electron chi connectivity index (χ4n) is 1.39. The van der Waals surface area contributed by atoms with Crippen LogP contribution >= 0.6 is 0 Å². The van der Waals surface area contributed by atoms with E-state index in [2.05, 4.69) is 9.97 Å². The molecule has 0 aliphatic rings. The van der Waals surface area contributed by atoms with Crippen LogP contribution < -0.4 is 4.74 Å². The van der Waals surface area contributed by atoms with Crippen LogP contribution in [0.5, 0.6) is 11.5 Å². The summed E-state index contributed by atoms with van der Waals surface area (Å²) in [7, 11) is 1.56. The van der Waals surface area contributed by atoms with Crippen LogP contribution in [0.1, 0.15) is 5.69 Å². The number of nitrogens with zero attached hydrogens (tertiary/aromatic N) is 1. The van der Waals surface area contributed by atoms with E-state index in [4.69, 9.17) is 4.74 Å². The molecule has 78 valence electrons. The maximum Gasteiger partial charge on any atom is 0.141 e. The molecule has 0 bridgehead atoms. The van der Waals surface area contributed by atoms with Crippen LogP contribution in [0, 0.1) is 6.92 Å². The van der Waals surface area contributed by atoms with Crippen molar-refractivity contribution in [1.82, 2.24) is 9.97 Å². The molecule has 1 aromatic carbocycles. The van der Waals surface area contributed by atoms with Crippen LogP contribution in [0.25, 0.3) is 11.4 Å². The average Bonchev–Trinajstić information content (AvgIpc) is 2.64. The number of aromatic amines is 1. The van der Waals surface area contributed by atoms with Crippen molar-refractivity contribution in [3.63, 3.8) is 0 Å². The molecular weight excluding hydrogens is 192 g/mol. The maximum atomic E-state index is 9.75. The molecule has 0 amide bonds. The Morgan fingerprint density at radius 3 is 2.73 bits per heavy atom. The number of aromatic nitrogens is 2. The summed E-state index contributed by atoms with van der Waals surface area (Å²) in [5.41, 5.74) is 1.63. The van der Waals surface area contributed by atoms with Crippen LogP contribution in [0.3, 0.4) is 0 Å². The van der Waals surface area contributed by atoms with E-state index in [1.807, 2.05) is 6.92 Å². The van der Waals surface area contributed by atoms with Gasteiger partial charge >= 0.3 is 0 Å². The highest BCUT2D eigenvalue weighted by molar-refractivity contribution is 5.65. The Labute approximate surface area is 87.6 Å². The molecule has 0 atom stereocenters. The van der Waals surface area contributed by atoms with E-state index in [9.17, 15) is 5.11 Å². The number of methoxy groups -OCH3 is 1. The average molecular weight is 204 g/mol. The van der Waals surface area contributed by atoms with Gasteiger partial charge in [0.15, 0.2) is 0 Å². The first-order chi connectivity index (χ1) is 7.20. The summed E-state index contributed by atoms with van der Waals surface area (Å²) in [5.74, 6) is 1.44. The van der Waals surface area contributed by atoms with Gasteiger partial charge in [0.2, 0.25) is 0 Å². The van der Waals surface area contributed by atoms with E-state index in [1.54, 1.807) is 31.5 Å². The topological polar surface area (TPSA) is 58.1 Å². The lowest BCUT2D eigenvalue weighted by molar-refractivity contribution is 0.408. The number of hydrogen-bond acceptors (Lipinski definition) is 3. The van der Waals surface area contributed by atoms with E-state index in [0.29, 0.717) is 17.1 Å². The van der Waals surface area contributed by atoms with Gasteiger partial charge in [0.25, 0.3) is 0 Å². The summed E-state index contributed by atoms with van der Waals surface area (Å²) in [4.78, 5) is 7.20. The highest BCUT2D eigenvalue weighted by atomic mass is 16.5. The number of hydrogen-bond donors (Lipinski definition) is 2. The van der Waals surface area contributed by atoms with Gasteiger partial charge in [-0.2, -0.15) is 0 Å². The van der Waals surface area contributed by atoms with Crippen LogP contribution in [-0.4, -0.2) is 22.2 Å². The van der Waals surface area contributed by atoms with Gasteiger partial charge in [0, 0.05) is 18.0 Å². The minimum Gasteiger partial charge on any atom is -0.507 e.